The number of benzene rings is 2. The fourth-order valence-corrected chi connectivity index (χ4v) is 1.69. The molecule has 2 rings (SSSR count). The van der Waals surface area contributed by atoms with Crippen LogP contribution in [0.1, 0.15) is 21.5 Å². The van der Waals surface area contributed by atoms with Crippen molar-refractivity contribution >= 4 is 12.2 Å². The summed E-state index contributed by atoms with van der Waals surface area (Å²) in [4.78, 5) is 10.7. The number of para-hydroxylation sites is 1. The molecule has 0 saturated carbocycles. The molecule has 0 heterocycles. The summed E-state index contributed by atoms with van der Waals surface area (Å²) in [5.74, 6) is -0.366. The van der Waals surface area contributed by atoms with Crippen LogP contribution in [0.2, 0.25) is 0 Å². The molecule has 0 aliphatic rings. The van der Waals surface area contributed by atoms with Crippen LogP contribution in [0.4, 0.5) is 0 Å². The van der Waals surface area contributed by atoms with Crippen LogP contribution in [0, 0.1) is 0 Å². The molecule has 5 nitrogen and oxygen atoms in total. The van der Waals surface area contributed by atoms with Crippen LogP contribution in [0.3, 0.4) is 0 Å². The zero-order valence-corrected chi connectivity index (χ0v) is 10.6. The summed E-state index contributed by atoms with van der Waals surface area (Å²) in [5.41, 5.74) is 1.75. The summed E-state index contributed by atoms with van der Waals surface area (Å²) >= 11 is 0. The van der Waals surface area contributed by atoms with Crippen LogP contribution < -0.4 is 4.74 Å². The van der Waals surface area contributed by atoms with Gasteiger partial charge in [-0.3, -0.25) is 0 Å². The van der Waals surface area contributed by atoms with Gasteiger partial charge in [-0.25, -0.2) is 4.79 Å². The lowest BCUT2D eigenvalue weighted by atomic mass is 10.1. The van der Waals surface area contributed by atoms with Crippen molar-refractivity contribution in [3.63, 3.8) is 0 Å². The van der Waals surface area contributed by atoms with Crippen molar-refractivity contribution in [1.29, 1.82) is 0 Å². The van der Waals surface area contributed by atoms with E-state index in [1.54, 1.807) is 24.3 Å². The van der Waals surface area contributed by atoms with Gasteiger partial charge in [-0.05, 0) is 29.8 Å². The maximum Gasteiger partial charge on any atom is 0.335 e. The van der Waals surface area contributed by atoms with Crippen LogP contribution in [0.25, 0.3) is 0 Å². The summed E-state index contributed by atoms with van der Waals surface area (Å²) in [7, 11) is 0. The van der Waals surface area contributed by atoms with Crippen LogP contribution in [0.15, 0.2) is 53.7 Å². The zero-order chi connectivity index (χ0) is 14.4. The Morgan fingerprint density at radius 1 is 1.15 bits per heavy atom. The third-order valence-electron chi connectivity index (χ3n) is 2.71. The molecule has 0 fully saturated rings. The molecular formula is C15H13NO4. The smallest absolute Gasteiger partial charge is 0.335 e. The summed E-state index contributed by atoms with van der Waals surface area (Å²) in [5, 5.41) is 20.4. The first-order chi connectivity index (χ1) is 9.70. The standard InChI is InChI=1S/C15H13NO4/c17-15(18)12-7-5-11(6-8-12)10-20-14-4-2-1-3-13(14)9-16-19/h1-9,19H,10H2,(H,17,18). The molecule has 0 aliphatic carbocycles. The Labute approximate surface area is 115 Å². The Bertz CT molecular complexity index is 620. The predicted molar refractivity (Wildman–Crippen MR) is 73.6 cm³/mol. The van der Waals surface area contributed by atoms with Crippen LogP contribution in [-0.4, -0.2) is 22.5 Å². The largest absolute Gasteiger partial charge is 0.488 e. The fraction of sp³-hybridized carbons (Fsp3) is 0.0667. The number of ether oxygens (including phenoxy) is 1. The van der Waals surface area contributed by atoms with E-state index in [2.05, 4.69) is 5.16 Å². The van der Waals surface area contributed by atoms with E-state index in [0.717, 1.165) is 5.56 Å². The summed E-state index contributed by atoms with van der Waals surface area (Å²) in [6.07, 6.45) is 1.29. The Morgan fingerprint density at radius 3 is 2.50 bits per heavy atom. The molecule has 2 N–H and O–H groups in total. The first-order valence-corrected chi connectivity index (χ1v) is 5.92. The van der Waals surface area contributed by atoms with Gasteiger partial charge in [0.2, 0.25) is 0 Å². The highest BCUT2D eigenvalue weighted by Gasteiger charge is 2.04. The molecule has 0 bridgehead atoms. The van der Waals surface area contributed by atoms with Gasteiger partial charge < -0.3 is 15.1 Å². The number of hydrogen-bond acceptors (Lipinski definition) is 4. The first kappa shape index (κ1) is 13.6. The van der Waals surface area contributed by atoms with E-state index < -0.39 is 5.97 Å². The molecule has 0 saturated heterocycles. The van der Waals surface area contributed by atoms with Crippen LogP contribution in [-0.2, 0) is 6.61 Å². The van der Waals surface area contributed by atoms with Gasteiger partial charge in [0.15, 0.2) is 0 Å². The van der Waals surface area contributed by atoms with Crippen molar-refractivity contribution in [1.82, 2.24) is 0 Å². The second-order valence-corrected chi connectivity index (χ2v) is 4.07. The van der Waals surface area contributed by atoms with Gasteiger partial charge in [-0.15, -0.1) is 0 Å². The monoisotopic (exact) mass is 271 g/mol. The number of carboxylic acid groups (broad SMARTS) is 1. The third-order valence-corrected chi connectivity index (χ3v) is 2.71. The topological polar surface area (TPSA) is 79.1 Å². The molecule has 5 heteroatoms. The van der Waals surface area contributed by atoms with Crippen LogP contribution in [0.5, 0.6) is 5.75 Å². The highest BCUT2D eigenvalue weighted by atomic mass is 16.5. The van der Waals surface area contributed by atoms with Crippen LogP contribution >= 0.6 is 0 Å². The van der Waals surface area contributed by atoms with Crippen molar-refractivity contribution < 1.29 is 19.8 Å². The number of aromatic carboxylic acids is 1. The SMILES string of the molecule is O=C(O)c1ccc(COc2ccccc2C=NO)cc1. The van der Waals surface area contributed by atoms with Crippen molar-refractivity contribution in [2.75, 3.05) is 0 Å². The van der Waals surface area contributed by atoms with Crippen molar-refractivity contribution in [3.8, 4) is 5.75 Å². The molecule has 0 aromatic heterocycles. The predicted octanol–water partition coefficient (Wildman–Crippen LogP) is 2.77. The number of rotatable bonds is 5. The second-order valence-electron chi connectivity index (χ2n) is 4.07. The van der Waals surface area contributed by atoms with Gasteiger partial charge in [0, 0.05) is 5.56 Å². The first-order valence-electron chi connectivity index (χ1n) is 5.92. The molecule has 2 aromatic rings. The Balaban J connectivity index is 2.07. The van der Waals surface area contributed by atoms with E-state index in [1.165, 1.54) is 18.3 Å². The zero-order valence-electron chi connectivity index (χ0n) is 10.6. The molecule has 0 amide bonds. The molecular weight excluding hydrogens is 258 g/mol. The van der Waals surface area contributed by atoms with Crippen molar-refractivity contribution in [2.24, 2.45) is 5.16 Å². The summed E-state index contributed by atoms with van der Waals surface area (Å²) in [6, 6.07) is 13.6. The third kappa shape index (κ3) is 3.35. The molecule has 0 unspecified atom stereocenters. The van der Waals surface area contributed by atoms with Gasteiger partial charge in [0.1, 0.15) is 12.4 Å². The molecule has 102 valence electrons. The summed E-state index contributed by atoms with van der Waals surface area (Å²) < 4.78 is 5.63. The molecule has 0 radical (unpaired) electrons. The highest BCUT2D eigenvalue weighted by molar-refractivity contribution is 5.87. The highest BCUT2D eigenvalue weighted by Crippen LogP contribution is 2.17. The molecule has 2 aromatic carbocycles. The minimum Gasteiger partial charge on any atom is -0.488 e. The lowest BCUT2D eigenvalue weighted by Crippen LogP contribution is -2.00. The van der Waals surface area contributed by atoms with E-state index in [4.69, 9.17) is 15.1 Å². The molecule has 0 spiro atoms. The average Bonchev–Trinajstić information content (AvgIpc) is 2.47. The Morgan fingerprint density at radius 2 is 1.85 bits per heavy atom. The number of carboxylic acids is 1. The normalized spacial score (nSPS) is 10.6. The number of nitrogens with zero attached hydrogens (tertiary/aromatic N) is 1. The second kappa shape index (κ2) is 6.38. The lowest BCUT2D eigenvalue weighted by molar-refractivity contribution is 0.0697. The van der Waals surface area contributed by atoms with Gasteiger partial charge >= 0.3 is 5.97 Å². The van der Waals surface area contributed by atoms with E-state index in [-0.39, 0.29) is 5.56 Å². The maximum absolute atomic E-state index is 10.7. The molecule has 0 aliphatic heterocycles. The lowest BCUT2D eigenvalue weighted by Gasteiger charge is -2.08. The fourth-order valence-electron chi connectivity index (χ4n) is 1.69. The van der Waals surface area contributed by atoms with Gasteiger partial charge in [0.05, 0.1) is 11.8 Å². The van der Waals surface area contributed by atoms with Gasteiger partial charge in [-0.1, -0.05) is 29.4 Å². The number of carbonyl (C=O) groups is 1. The van der Waals surface area contributed by atoms with Gasteiger partial charge in [0.25, 0.3) is 0 Å². The molecule has 0 atom stereocenters. The van der Waals surface area contributed by atoms with Gasteiger partial charge in [-0.2, -0.15) is 0 Å². The van der Waals surface area contributed by atoms with E-state index in [9.17, 15) is 4.79 Å². The van der Waals surface area contributed by atoms with E-state index >= 15 is 0 Å². The summed E-state index contributed by atoms with van der Waals surface area (Å²) in [6.45, 7) is 0.302. The van der Waals surface area contributed by atoms with E-state index in [0.29, 0.717) is 17.9 Å². The minimum atomic E-state index is -0.957. The van der Waals surface area contributed by atoms with Crippen molar-refractivity contribution in [2.45, 2.75) is 6.61 Å². The van der Waals surface area contributed by atoms with E-state index in [1.807, 2.05) is 12.1 Å². The number of hydrogen-bond donors (Lipinski definition) is 2. The molecule has 20 heavy (non-hydrogen) atoms. The maximum atomic E-state index is 10.7. The Hall–Kier alpha value is -2.82. The minimum absolute atomic E-state index is 0.238. The quantitative estimate of drug-likeness (QED) is 0.498. The average molecular weight is 271 g/mol. The number of oxime groups is 1. The Kier molecular flexibility index (Phi) is 4.34. The van der Waals surface area contributed by atoms with Crippen molar-refractivity contribution in [3.05, 3.63) is 65.2 Å².